The molecule has 3 N–H and O–H groups in total. The van der Waals surface area contributed by atoms with Crippen molar-refractivity contribution in [2.24, 2.45) is 5.92 Å². The summed E-state index contributed by atoms with van der Waals surface area (Å²) >= 11 is 0. The first kappa shape index (κ1) is 23.9. The lowest BCUT2D eigenvalue weighted by molar-refractivity contribution is -0.116. The molecule has 31 heavy (non-hydrogen) atoms. The summed E-state index contributed by atoms with van der Waals surface area (Å²) in [5.41, 5.74) is 6.05. The highest BCUT2D eigenvalue weighted by molar-refractivity contribution is 5.99. The minimum absolute atomic E-state index is 0.0800. The van der Waals surface area contributed by atoms with E-state index < -0.39 is 11.8 Å². The van der Waals surface area contributed by atoms with Crippen LogP contribution in [0.15, 0.2) is 48.5 Å². The third-order valence-corrected chi connectivity index (χ3v) is 4.11. The number of amides is 3. The van der Waals surface area contributed by atoms with Gasteiger partial charge >= 0.3 is 0 Å². The molecule has 3 amide bonds. The van der Waals surface area contributed by atoms with Gasteiger partial charge in [-0.05, 0) is 55.3 Å². The lowest BCUT2D eigenvalue weighted by Gasteiger charge is -2.10. The van der Waals surface area contributed by atoms with Gasteiger partial charge in [-0.1, -0.05) is 19.9 Å². The van der Waals surface area contributed by atoms with Gasteiger partial charge in [0.05, 0.1) is 6.61 Å². The molecule has 0 aliphatic carbocycles. The van der Waals surface area contributed by atoms with Crippen LogP contribution in [-0.4, -0.2) is 37.5 Å². The molecule has 0 saturated heterocycles. The van der Waals surface area contributed by atoms with Crippen LogP contribution in [0.1, 0.15) is 47.9 Å². The molecule has 2 aromatic rings. The van der Waals surface area contributed by atoms with Crippen molar-refractivity contribution in [2.75, 3.05) is 25.1 Å². The Balaban J connectivity index is 1.85. The highest BCUT2D eigenvalue weighted by Crippen LogP contribution is 2.14. The fraction of sp³-hybridized carbons (Fsp3) is 0.348. The van der Waals surface area contributed by atoms with Crippen LogP contribution < -0.4 is 20.9 Å². The lowest BCUT2D eigenvalue weighted by Crippen LogP contribution is -2.41. The van der Waals surface area contributed by atoms with Gasteiger partial charge in [-0.15, -0.1) is 0 Å². The summed E-state index contributed by atoms with van der Waals surface area (Å²) in [4.78, 5) is 36.4. The first-order valence-corrected chi connectivity index (χ1v) is 10.2. The zero-order valence-electron chi connectivity index (χ0n) is 18.1. The summed E-state index contributed by atoms with van der Waals surface area (Å²) in [7, 11) is 0. The molecule has 0 radical (unpaired) electrons. The highest BCUT2D eigenvalue weighted by Gasteiger charge is 2.11. The Morgan fingerprint density at radius 1 is 0.903 bits per heavy atom. The molecule has 0 aromatic heterocycles. The van der Waals surface area contributed by atoms with Crippen molar-refractivity contribution < 1.29 is 23.9 Å². The topological polar surface area (TPSA) is 106 Å². The van der Waals surface area contributed by atoms with E-state index in [2.05, 4.69) is 16.2 Å². The predicted octanol–water partition coefficient (Wildman–Crippen LogP) is 3.16. The van der Waals surface area contributed by atoms with Crippen LogP contribution >= 0.6 is 0 Å². The molecule has 2 aromatic carbocycles. The minimum atomic E-state index is -0.475. The SMILES string of the molecule is CCOCCOc1cccc(C(=O)NNC(=O)c2ccc(NC(=O)CC(C)C)cc2)c1. The number of ether oxygens (including phenoxy) is 2. The maximum atomic E-state index is 12.3. The number of anilines is 1. The summed E-state index contributed by atoms with van der Waals surface area (Å²) in [5, 5.41) is 2.78. The fourth-order valence-electron chi connectivity index (χ4n) is 2.64. The average molecular weight is 428 g/mol. The third-order valence-electron chi connectivity index (χ3n) is 4.11. The zero-order chi connectivity index (χ0) is 22.6. The van der Waals surface area contributed by atoms with Crippen molar-refractivity contribution in [3.05, 3.63) is 59.7 Å². The Labute approximate surface area is 182 Å². The number of hydrogen-bond acceptors (Lipinski definition) is 5. The molecule has 166 valence electrons. The van der Waals surface area contributed by atoms with Gasteiger partial charge in [-0.2, -0.15) is 0 Å². The molecule has 0 fully saturated rings. The van der Waals surface area contributed by atoms with Gasteiger partial charge in [0.1, 0.15) is 12.4 Å². The Kier molecular flexibility index (Phi) is 9.51. The monoisotopic (exact) mass is 427 g/mol. The molecule has 8 nitrogen and oxygen atoms in total. The maximum Gasteiger partial charge on any atom is 0.269 e. The largest absolute Gasteiger partial charge is 0.491 e. The maximum absolute atomic E-state index is 12.3. The second kappa shape index (κ2) is 12.3. The summed E-state index contributed by atoms with van der Waals surface area (Å²) in [6.45, 7) is 7.29. The number of carbonyl (C=O) groups is 3. The third kappa shape index (κ3) is 8.47. The number of hydrogen-bond donors (Lipinski definition) is 3. The standard InChI is InChI=1S/C23H29N3O5/c1-4-30-12-13-31-20-7-5-6-18(15-20)23(29)26-25-22(28)17-8-10-19(11-9-17)24-21(27)14-16(2)3/h5-11,15-16H,4,12-14H2,1-3H3,(H,24,27)(H,25,28)(H,26,29). The summed E-state index contributed by atoms with van der Waals surface area (Å²) in [6, 6.07) is 13.0. The molecule has 8 heteroatoms. The number of rotatable bonds is 10. The Morgan fingerprint density at radius 3 is 2.23 bits per heavy atom. The molecule has 0 heterocycles. The van der Waals surface area contributed by atoms with Gasteiger partial charge in [0.15, 0.2) is 0 Å². The van der Waals surface area contributed by atoms with Crippen molar-refractivity contribution in [3.8, 4) is 5.75 Å². The van der Waals surface area contributed by atoms with E-state index in [0.717, 1.165) is 0 Å². The van der Waals surface area contributed by atoms with Gasteiger partial charge in [-0.3, -0.25) is 25.2 Å². The fourth-order valence-corrected chi connectivity index (χ4v) is 2.64. The summed E-state index contributed by atoms with van der Waals surface area (Å²) in [5.74, 6) is -0.230. The van der Waals surface area contributed by atoms with Gasteiger partial charge < -0.3 is 14.8 Å². The van der Waals surface area contributed by atoms with Crippen LogP contribution in [0.25, 0.3) is 0 Å². The van der Waals surface area contributed by atoms with E-state index in [1.54, 1.807) is 48.5 Å². The molecule has 0 bridgehead atoms. The molecule has 0 aliphatic rings. The van der Waals surface area contributed by atoms with Crippen LogP contribution in [-0.2, 0) is 9.53 Å². The normalized spacial score (nSPS) is 10.5. The van der Waals surface area contributed by atoms with Crippen LogP contribution in [0.3, 0.4) is 0 Å². The van der Waals surface area contributed by atoms with E-state index in [0.29, 0.717) is 48.8 Å². The quantitative estimate of drug-likeness (QED) is 0.399. The molecule has 2 rings (SSSR count). The first-order valence-electron chi connectivity index (χ1n) is 10.2. The predicted molar refractivity (Wildman–Crippen MR) is 118 cm³/mol. The zero-order valence-corrected chi connectivity index (χ0v) is 18.1. The van der Waals surface area contributed by atoms with E-state index >= 15 is 0 Å². The average Bonchev–Trinajstić information content (AvgIpc) is 2.75. The van der Waals surface area contributed by atoms with Crippen molar-refractivity contribution in [1.29, 1.82) is 0 Å². The number of hydrazine groups is 1. The number of carbonyl (C=O) groups excluding carboxylic acids is 3. The second-order valence-corrected chi connectivity index (χ2v) is 7.20. The van der Waals surface area contributed by atoms with Crippen LogP contribution in [0.5, 0.6) is 5.75 Å². The lowest BCUT2D eigenvalue weighted by atomic mass is 10.1. The van der Waals surface area contributed by atoms with Crippen LogP contribution in [0, 0.1) is 5.92 Å². The molecule has 0 atom stereocenters. The van der Waals surface area contributed by atoms with E-state index in [1.807, 2.05) is 20.8 Å². The van der Waals surface area contributed by atoms with Gasteiger partial charge in [-0.25, -0.2) is 0 Å². The molecule has 0 unspecified atom stereocenters. The van der Waals surface area contributed by atoms with Gasteiger partial charge in [0.2, 0.25) is 5.91 Å². The van der Waals surface area contributed by atoms with Crippen molar-refractivity contribution >= 4 is 23.4 Å². The highest BCUT2D eigenvalue weighted by atomic mass is 16.5. The van der Waals surface area contributed by atoms with Gasteiger partial charge in [0.25, 0.3) is 11.8 Å². The second-order valence-electron chi connectivity index (χ2n) is 7.20. The molecule has 0 aliphatic heterocycles. The van der Waals surface area contributed by atoms with Gasteiger partial charge in [0, 0.05) is 29.8 Å². The smallest absolute Gasteiger partial charge is 0.269 e. The Morgan fingerprint density at radius 2 is 1.58 bits per heavy atom. The van der Waals surface area contributed by atoms with E-state index in [-0.39, 0.29) is 11.8 Å². The minimum Gasteiger partial charge on any atom is -0.491 e. The molecular weight excluding hydrogens is 398 g/mol. The van der Waals surface area contributed by atoms with Crippen LogP contribution in [0.4, 0.5) is 5.69 Å². The Hall–Kier alpha value is -3.39. The molecular formula is C23H29N3O5. The van der Waals surface area contributed by atoms with Crippen LogP contribution in [0.2, 0.25) is 0 Å². The summed E-state index contributed by atoms with van der Waals surface area (Å²) < 4.78 is 10.7. The number of benzene rings is 2. The number of nitrogens with one attached hydrogen (secondary N) is 3. The first-order chi connectivity index (χ1) is 14.9. The Bertz CT molecular complexity index is 881. The van der Waals surface area contributed by atoms with E-state index in [9.17, 15) is 14.4 Å². The van der Waals surface area contributed by atoms with Crippen molar-refractivity contribution in [3.63, 3.8) is 0 Å². The summed E-state index contributed by atoms with van der Waals surface area (Å²) in [6.07, 6.45) is 0.424. The molecule has 0 spiro atoms. The van der Waals surface area contributed by atoms with Crippen molar-refractivity contribution in [1.82, 2.24) is 10.9 Å². The molecule has 0 saturated carbocycles. The van der Waals surface area contributed by atoms with Crippen molar-refractivity contribution in [2.45, 2.75) is 27.2 Å². The van der Waals surface area contributed by atoms with E-state index in [1.165, 1.54) is 0 Å². The van der Waals surface area contributed by atoms with E-state index in [4.69, 9.17) is 9.47 Å².